The molecule has 9 nitrogen and oxygen atoms in total. The number of nitro groups is 1. The van der Waals surface area contributed by atoms with Crippen LogP contribution in [0.2, 0.25) is 0 Å². The SMILES string of the molecule is O=C1C(=O)N(CCOCCO)[C@@H](c2ccccc2)/C1=C(\O)c1cccc([N+](=O)[O-])c1. The third-order valence-corrected chi connectivity index (χ3v) is 4.70. The van der Waals surface area contributed by atoms with E-state index in [0.717, 1.165) is 6.07 Å². The number of hydrogen-bond acceptors (Lipinski definition) is 7. The highest BCUT2D eigenvalue weighted by Gasteiger charge is 2.45. The second-order valence-corrected chi connectivity index (χ2v) is 6.55. The minimum atomic E-state index is -0.880. The first-order valence-corrected chi connectivity index (χ1v) is 9.22. The van der Waals surface area contributed by atoms with Crippen molar-refractivity contribution in [2.45, 2.75) is 6.04 Å². The van der Waals surface area contributed by atoms with Crippen LogP contribution >= 0.6 is 0 Å². The summed E-state index contributed by atoms with van der Waals surface area (Å²) in [5.74, 6) is -2.16. The Morgan fingerprint density at radius 3 is 2.50 bits per heavy atom. The summed E-state index contributed by atoms with van der Waals surface area (Å²) in [4.78, 5) is 37.2. The average Bonchev–Trinajstić information content (AvgIpc) is 3.01. The number of ether oxygens (including phenoxy) is 1. The van der Waals surface area contributed by atoms with E-state index in [2.05, 4.69) is 0 Å². The molecule has 156 valence electrons. The van der Waals surface area contributed by atoms with E-state index >= 15 is 0 Å². The predicted molar refractivity (Wildman–Crippen MR) is 106 cm³/mol. The molecule has 0 bridgehead atoms. The Hall–Kier alpha value is -3.56. The Morgan fingerprint density at radius 2 is 1.83 bits per heavy atom. The zero-order chi connectivity index (χ0) is 21.7. The Morgan fingerprint density at radius 1 is 1.10 bits per heavy atom. The van der Waals surface area contributed by atoms with Crippen LogP contribution in [-0.4, -0.2) is 58.1 Å². The number of rotatable bonds is 8. The van der Waals surface area contributed by atoms with Gasteiger partial charge >= 0.3 is 0 Å². The number of ketones is 1. The van der Waals surface area contributed by atoms with Crippen LogP contribution in [0.15, 0.2) is 60.2 Å². The Kier molecular flexibility index (Phi) is 6.55. The summed E-state index contributed by atoms with van der Waals surface area (Å²) in [6.45, 7) is 0.0743. The first-order valence-electron chi connectivity index (χ1n) is 9.22. The first kappa shape index (κ1) is 21.2. The third-order valence-electron chi connectivity index (χ3n) is 4.70. The van der Waals surface area contributed by atoms with Crippen molar-refractivity contribution in [2.24, 2.45) is 0 Å². The van der Waals surface area contributed by atoms with Gasteiger partial charge in [-0.2, -0.15) is 0 Å². The molecule has 0 aromatic heterocycles. The lowest BCUT2D eigenvalue weighted by molar-refractivity contribution is -0.384. The van der Waals surface area contributed by atoms with E-state index in [1.54, 1.807) is 30.3 Å². The molecule has 3 rings (SSSR count). The van der Waals surface area contributed by atoms with Crippen LogP contribution in [0, 0.1) is 10.1 Å². The highest BCUT2D eigenvalue weighted by molar-refractivity contribution is 6.46. The lowest BCUT2D eigenvalue weighted by Crippen LogP contribution is -2.33. The largest absolute Gasteiger partial charge is 0.507 e. The van der Waals surface area contributed by atoms with Gasteiger partial charge in [-0.3, -0.25) is 19.7 Å². The molecule has 2 N–H and O–H groups in total. The predicted octanol–water partition coefficient (Wildman–Crippen LogP) is 2.03. The van der Waals surface area contributed by atoms with Gasteiger partial charge in [-0.15, -0.1) is 0 Å². The van der Waals surface area contributed by atoms with Crippen LogP contribution in [0.4, 0.5) is 5.69 Å². The van der Waals surface area contributed by atoms with E-state index in [0.29, 0.717) is 5.56 Å². The molecule has 9 heteroatoms. The first-order chi connectivity index (χ1) is 14.5. The van der Waals surface area contributed by atoms with Gasteiger partial charge < -0.3 is 19.8 Å². The van der Waals surface area contributed by atoms with E-state index in [4.69, 9.17) is 9.84 Å². The van der Waals surface area contributed by atoms with Crippen molar-refractivity contribution in [3.8, 4) is 0 Å². The molecule has 2 aromatic rings. The number of nitro benzene ring substituents is 1. The van der Waals surface area contributed by atoms with Gasteiger partial charge in [0, 0.05) is 24.2 Å². The van der Waals surface area contributed by atoms with Crippen molar-refractivity contribution in [1.82, 2.24) is 4.90 Å². The van der Waals surface area contributed by atoms with Crippen molar-refractivity contribution < 1.29 is 29.5 Å². The molecule has 1 aliphatic heterocycles. The fourth-order valence-electron chi connectivity index (χ4n) is 3.34. The second kappa shape index (κ2) is 9.29. The molecule has 2 aromatic carbocycles. The average molecular weight is 412 g/mol. The summed E-state index contributed by atoms with van der Waals surface area (Å²) in [7, 11) is 0. The summed E-state index contributed by atoms with van der Waals surface area (Å²) in [6, 6.07) is 13.1. The molecule has 1 fully saturated rings. The van der Waals surface area contributed by atoms with Crippen LogP contribution in [-0.2, 0) is 14.3 Å². The van der Waals surface area contributed by atoms with E-state index < -0.39 is 28.4 Å². The fraction of sp³-hybridized carbons (Fsp3) is 0.238. The van der Waals surface area contributed by atoms with Gasteiger partial charge in [0.25, 0.3) is 17.4 Å². The van der Waals surface area contributed by atoms with Crippen LogP contribution < -0.4 is 0 Å². The van der Waals surface area contributed by atoms with Crippen molar-refractivity contribution in [1.29, 1.82) is 0 Å². The quantitative estimate of drug-likeness (QED) is 0.169. The maximum atomic E-state index is 12.8. The van der Waals surface area contributed by atoms with E-state index in [9.17, 15) is 24.8 Å². The number of hydrogen-bond donors (Lipinski definition) is 2. The molecule has 1 aliphatic rings. The normalized spacial score (nSPS) is 18.0. The van der Waals surface area contributed by atoms with Gasteiger partial charge in [-0.25, -0.2) is 0 Å². The number of aliphatic hydroxyl groups is 2. The van der Waals surface area contributed by atoms with Crippen molar-refractivity contribution in [2.75, 3.05) is 26.4 Å². The lowest BCUT2D eigenvalue weighted by atomic mass is 9.95. The van der Waals surface area contributed by atoms with Crippen LogP contribution in [0.5, 0.6) is 0 Å². The fourth-order valence-corrected chi connectivity index (χ4v) is 3.34. The molecule has 1 heterocycles. The smallest absolute Gasteiger partial charge is 0.295 e. The summed E-state index contributed by atoms with van der Waals surface area (Å²) >= 11 is 0. The molecule has 0 saturated carbocycles. The molecular formula is C21H20N2O7. The van der Waals surface area contributed by atoms with Crippen LogP contribution in [0.3, 0.4) is 0 Å². The molecule has 0 aliphatic carbocycles. The van der Waals surface area contributed by atoms with Crippen molar-refractivity contribution in [3.63, 3.8) is 0 Å². The number of benzene rings is 2. The van der Waals surface area contributed by atoms with Gasteiger partial charge in [0.05, 0.1) is 36.4 Å². The maximum absolute atomic E-state index is 12.8. The third kappa shape index (κ3) is 4.22. The number of nitrogens with zero attached hydrogens (tertiary/aromatic N) is 2. The summed E-state index contributed by atoms with van der Waals surface area (Å²) in [5, 5.41) is 30.8. The molecule has 1 atom stereocenters. The van der Waals surface area contributed by atoms with E-state index in [1.807, 2.05) is 0 Å². The number of amides is 1. The van der Waals surface area contributed by atoms with Gasteiger partial charge in [-0.1, -0.05) is 42.5 Å². The van der Waals surface area contributed by atoms with Crippen LogP contribution in [0.25, 0.3) is 5.76 Å². The summed E-state index contributed by atoms with van der Waals surface area (Å²) in [6.07, 6.45) is 0. The van der Waals surface area contributed by atoms with Crippen LogP contribution in [0.1, 0.15) is 17.2 Å². The molecule has 0 spiro atoms. The highest BCUT2D eigenvalue weighted by atomic mass is 16.6. The number of Topliss-reactive ketones (excluding diaryl/α,β-unsaturated/α-hetero) is 1. The Labute approximate surface area is 172 Å². The zero-order valence-electron chi connectivity index (χ0n) is 15.9. The summed E-state index contributed by atoms with van der Waals surface area (Å²) < 4.78 is 5.23. The highest BCUT2D eigenvalue weighted by Crippen LogP contribution is 2.39. The number of carbonyl (C=O) groups is 2. The van der Waals surface area contributed by atoms with Gasteiger partial charge in [0.2, 0.25) is 0 Å². The lowest BCUT2D eigenvalue weighted by Gasteiger charge is -2.25. The molecule has 0 radical (unpaired) electrons. The molecule has 1 saturated heterocycles. The molecule has 0 unspecified atom stereocenters. The standard InChI is InChI=1S/C21H20N2O7/c24-10-12-30-11-9-22-18(14-5-2-1-3-6-14)17(20(26)21(22)27)19(25)15-7-4-8-16(13-15)23(28)29/h1-8,13,18,24-25H,9-12H2/b19-17+/t18-/m0/s1. The maximum Gasteiger partial charge on any atom is 0.295 e. The van der Waals surface area contributed by atoms with E-state index in [-0.39, 0.29) is 43.2 Å². The van der Waals surface area contributed by atoms with Gasteiger partial charge in [0.1, 0.15) is 5.76 Å². The number of aliphatic hydroxyl groups excluding tert-OH is 2. The topological polar surface area (TPSA) is 130 Å². The minimum absolute atomic E-state index is 0.0653. The number of likely N-dealkylation sites (tertiary alicyclic amines) is 1. The second-order valence-electron chi connectivity index (χ2n) is 6.55. The Balaban J connectivity index is 2.07. The van der Waals surface area contributed by atoms with Crippen molar-refractivity contribution >= 4 is 23.1 Å². The molecule has 30 heavy (non-hydrogen) atoms. The van der Waals surface area contributed by atoms with E-state index in [1.165, 1.54) is 23.1 Å². The summed E-state index contributed by atoms with van der Waals surface area (Å²) in [5.41, 5.74) is 0.279. The molecular weight excluding hydrogens is 392 g/mol. The Bertz CT molecular complexity index is 988. The van der Waals surface area contributed by atoms with Gasteiger partial charge in [0.15, 0.2) is 0 Å². The molecule has 1 amide bonds. The van der Waals surface area contributed by atoms with Gasteiger partial charge in [-0.05, 0) is 5.56 Å². The number of carbonyl (C=O) groups excluding carboxylic acids is 2. The number of non-ortho nitro benzene ring substituents is 1. The monoisotopic (exact) mass is 412 g/mol. The van der Waals surface area contributed by atoms with Crippen molar-refractivity contribution in [3.05, 3.63) is 81.4 Å². The minimum Gasteiger partial charge on any atom is -0.507 e. The zero-order valence-corrected chi connectivity index (χ0v) is 15.9.